The molecule has 0 saturated carbocycles. The molecule has 0 atom stereocenters. The van der Waals surface area contributed by atoms with Crippen LogP contribution in [-0.2, 0) is 5.75 Å². The van der Waals surface area contributed by atoms with Gasteiger partial charge in [0.1, 0.15) is 0 Å². The highest BCUT2D eigenvalue weighted by atomic mass is 32.2. The van der Waals surface area contributed by atoms with Crippen LogP contribution in [-0.4, -0.2) is 5.91 Å². The zero-order valence-corrected chi connectivity index (χ0v) is 13.2. The number of benzene rings is 1. The van der Waals surface area contributed by atoms with Gasteiger partial charge in [-0.2, -0.15) is 0 Å². The van der Waals surface area contributed by atoms with E-state index >= 15 is 0 Å². The summed E-state index contributed by atoms with van der Waals surface area (Å²) in [5.74, 6) is 6.29. The molecule has 2 rings (SSSR count). The Morgan fingerprint density at radius 2 is 2.00 bits per heavy atom. The third-order valence-electron chi connectivity index (χ3n) is 3.03. The van der Waals surface area contributed by atoms with Crippen molar-refractivity contribution in [3.05, 3.63) is 51.7 Å². The molecule has 0 bridgehead atoms. The van der Waals surface area contributed by atoms with E-state index in [2.05, 4.69) is 43.5 Å². The number of hydrogen-bond acceptors (Lipinski definition) is 4. The number of thioether (sulfide) groups is 1. The fraction of sp³-hybridized carbons (Fsp3) is 0.267. The van der Waals surface area contributed by atoms with Crippen LogP contribution in [0.4, 0.5) is 0 Å². The van der Waals surface area contributed by atoms with Gasteiger partial charge in [-0.15, -0.1) is 23.1 Å². The molecule has 3 nitrogen and oxygen atoms in total. The second-order valence-corrected chi connectivity index (χ2v) is 6.73. The van der Waals surface area contributed by atoms with Crippen molar-refractivity contribution in [1.82, 2.24) is 5.43 Å². The summed E-state index contributed by atoms with van der Waals surface area (Å²) in [6, 6.07) is 10.6. The SMILES string of the molecule is CC(C)c1ccc(SCc2ccsc2C(=O)NN)cc1. The number of thiophene rings is 1. The monoisotopic (exact) mass is 306 g/mol. The van der Waals surface area contributed by atoms with E-state index in [-0.39, 0.29) is 5.91 Å². The Morgan fingerprint density at radius 1 is 1.30 bits per heavy atom. The molecule has 1 aromatic heterocycles. The summed E-state index contributed by atoms with van der Waals surface area (Å²) in [6.07, 6.45) is 0. The lowest BCUT2D eigenvalue weighted by Gasteiger charge is -2.07. The number of rotatable bonds is 5. The van der Waals surface area contributed by atoms with Gasteiger partial charge in [-0.1, -0.05) is 26.0 Å². The van der Waals surface area contributed by atoms with Crippen LogP contribution >= 0.6 is 23.1 Å². The third-order valence-corrected chi connectivity index (χ3v) is 5.04. The molecule has 0 radical (unpaired) electrons. The Bertz CT molecular complexity index is 576. The number of hydrazine groups is 1. The summed E-state index contributed by atoms with van der Waals surface area (Å²) in [5.41, 5.74) is 4.55. The zero-order valence-electron chi connectivity index (χ0n) is 11.6. The van der Waals surface area contributed by atoms with Crippen molar-refractivity contribution in [2.75, 3.05) is 0 Å². The molecule has 0 aliphatic rings. The Kier molecular flexibility index (Phi) is 5.23. The summed E-state index contributed by atoms with van der Waals surface area (Å²) in [6.45, 7) is 4.37. The van der Waals surface area contributed by atoms with Gasteiger partial charge in [0.15, 0.2) is 0 Å². The van der Waals surface area contributed by atoms with Crippen molar-refractivity contribution in [1.29, 1.82) is 0 Å². The van der Waals surface area contributed by atoms with Crippen LogP contribution in [0.15, 0.2) is 40.6 Å². The fourth-order valence-corrected chi connectivity index (χ4v) is 3.63. The average Bonchev–Trinajstić information content (AvgIpc) is 2.93. The summed E-state index contributed by atoms with van der Waals surface area (Å²) >= 11 is 3.14. The van der Waals surface area contributed by atoms with Crippen molar-refractivity contribution in [3.8, 4) is 0 Å². The van der Waals surface area contributed by atoms with Gasteiger partial charge in [0.25, 0.3) is 5.91 Å². The smallest absolute Gasteiger partial charge is 0.275 e. The van der Waals surface area contributed by atoms with Crippen molar-refractivity contribution in [2.24, 2.45) is 5.84 Å². The number of carbonyl (C=O) groups is 1. The van der Waals surface area contributed by atoms with E-state index in [1.54, 1.807) is 11.8 Å². The third kappa shape index (κ3) is 3.62. The molecule has 5 heteroatoms. The summed E-state index contributed by atoms with van der Waals surface area (Å²) in [5, 5.41) is 1.92. The molecule has 20 heavy (non-hydrogen) atoms. The molecule has 0 unspecified atom stereocenters. The summed E-state index contributed by atoms with van der Waals surface area (Å²) in [4.78, 5) is 13.5. The van der Waals surface area contributed by atoms with E-state index in [1.165, 1.54) is 21.8 Å². The first-order valence-electron chi connectivity index (χ1n) is 6.42. The number of nitrogen functional groups attached to an aromatic ring is 1. The number of amides is 1. The molecule has 1 aromatic carbocycles. The van der Waals surface area contributed by atoms with Crippen molar-refractivity contribution in [2.45, 2.75) is 30.4 Å². The summed E-state index contributed by atoms with van der Waals surface area (Å²) < 4.78 is 0. The van der Waals surface area contributed by atoms with E-state index < -0.39 is 0 Å². The Hall–Kier alpha value is -1.30. The molecule has 1 amide bonds. The van der Waals surface area contributed by atoms with Crippen LogP contribution < -0.4 is 11.3 Å². The highest BCUT2D eigenvalue weighted by molar-refractivity contribution is 7.98. The maximum Gasteiger partial charge on any atom is 0.275 e. The Balaban J connectivity index is 2.02. The van der Waals surface area contributed by atoms with Crippen LogP contribution in [0.2, 0.25) is 0 Å². The minimum absolute atomic E-state index is 0.217. The second kappa shape index (κ2) is 6.92. The van der Waals surface area contributed by atoms with Crippen LogP contribution in [0.1, 0.15) is 40.6 Å². The summed E-state index contributed by atoms with van der Waals surface area (Å²) in [7, 11) is 0. The van der Waals surface area contributed by atoms with Crippen LogP contribution in [0, 0.1) is 0 Å². The van der Waals surface area contributed by atoms with Gasteiger partial charge in [0.2, 0.25) is 0 Å². The number of carbonyl (C=O) groups excluding carboxylic acids is 1. The largest absolute Gasteiger partial charge is 0.289 e. The molecular formula is C15H18N2OS2. The molecule has 0 aliphatic carbocycles. The first-order chi connectivity index (χ1) is 9.61. The molecule has 1 heterocycles. The lowest BCUT2D eigenvalue weighted by molar-refractivity contribution is 0.0957. The van der Waals surface area contributed by atoms with Gasteiger partial charge in [0, 0.05) is 10.6 Å². The van der Waals surface area contributed by atoms with Crippen molar-refractivity contribution >= 4 is 29.0 Å². The van der Waals surface area contributed by atoms with E-state index in [0.717, 1.165) is 11.3 Å². The van der Waals surface area contributed by atoms with E-state index in [9.17, 15) is 4.79 Å². The van der Waals surface area contributed by atoms with E-state index in [4.69, 9.17) is 5.84 Å². The predicted molar refractivity (Wildman–Crippen MR) is 86.1 cm³/mol. The molecular weight excluding hydrogens is 288 g/mol. The lowest BCUT2D eigenvalue weighted by atomic mass is 10.0. The van der Waals surface area contributed by atoms with Gasteiger partial charge >= 0.3 is 0 Å². The molecule has 2 aromatic rings. The molecule has 0 aliphatic heterocycles. The minimum Gasteiger partial charge on any atom is -0.289 e. The number of hydrogen-bond donors (Lipinski definition) is 2. The number of nitrogens with one attached hydrogen (secondary N) is 1. The van der Waals surface area contributed by atoms with E-state index in [1.807, 2.05) is 11.4 Å². The van der Waals surface area contributed by atoms with Crippen LogP contribution in [0.25, 0.3) is 0 Å². The van der Waals surface area contributed by atoms with Crippen LogP contribution in [0.3, 0.4) is 0 Å². The van der Waals surface area contributed by atoms with Crippen LogP contribution in [0.5, 0.6) is 0 Å². The fourth-order valence-electron chi connectivity index (χ4n) is 1.82. The maximum atomic E-state index is 11.6. The normalized spacial score (nSPS) is 10.8. The topological polar surface area (TPSA) is 55.1 Å². The van der Waals surface area contributed by atoms with Gasteiger partial charge in [0.05, 0.1) is 4.88 Å². The lowest BCUT2D eigenvalue weighted by Crippen LogP contribution is -2.29. The molecule has 106 valence electrons. The van der Waals surface area contributed by atoms with Crippen molar-refractivity contribution in [3.63, 3.8) is 0 Å². The average molecular weight is 306 g/mol. The van der Waals surface area contributed by atoms with E-state index in [0.29, 0.717) is 10.8 Å². The minimum atomic E-state index is -0.217. The van der Waals surface area contributed by atoms with Gasteiger partial charge in [-0.3, -0.25) is 10.2 Å². The first kappa shape index (κ1) is 15.1. The zero-order chi connectivity index (χ0) is 14.5. The predicted octanol–water partition coefficient (Wildman–Crippen LogP) is 3.77. The van der Waals surface area contributed by atoms with Gasteiger partial charge in [-0.25, -0.2) is 5.84 Å². The van der Waals surface area contributed by atoms with Gasteiger partial charge < -0.3 is 0 Å². The quantitative estimate of drug-likeness (QED) is 0.383. The highest BCUT2D eigenvalue weighted by Gasteiger charge is 2.12. The molecule has 0 saturated heterocycles. The van der Waals surface area contributed by atoms with Gasteiger partial charge in [-0.05, 0) is 40.6 Å². The molecule has 0 fully saturated rings. The molecule has 3 N–H and O–H groups in total. The Labute approximate surface area is 127 Å². The number of nitrogens with two attached hydrogens (primary N) is 1. The maximum absolute atomic E-state index is 11.6. The molecule has 0 spiro atoms. The highest BCUT2D eigenvalue weighted by Crippen LogP contribution is 2.28. The standard InChI is InChI=1S/C15H18N2OS2/c1-10(2)11-3-5-13(6-4-11)20-9-12-7-8-19-14(12)15(18)17-16/h3-8,10H,9,16H2,1-2H3,(H,17,18). The second-order valence-electron chi connectivity index (χ2n) is 4.76. The first-order valence-corrected chi connectivity index (χ1v) is 8.28. The Morgan fingerprint density at radius 3 is 2.60 bits per heavy atom. The van der Waals surface area contributed by atoms with Crippen molar-refractivity contribution < 1.29 is 4.79 Å².